The highest BCUT2D eigenvalue weighted by Gasteiger charge is 2.30. The molecule has 0 fully saturated rings. The highest BCUT2D eigenvalue weighted by molar-refractivity contribution is 5.66. The molecule has 106 valence electrons. The first-order chi connectivity index (χ1) is 9.20. The Bertz CT molecular complexity index is 717. The molecule has 3 nitrogen and oxygen atoms in total. The van der Waals surface area contributed by atoms with E-state index >= 15 is 0 Å². The van der Waals surface area contributed by atoms with Gasteiger partial charge in [0.2, 0.25) is 0 Å². The summed E-state index contributed by atoms with van der Waals surface area (Å²) in [7, 11) is 0. The van der Waals surface area contributed by atoms with Crippen LogP contribution in [0.5, 0.6) is 0 Å². The summed E-state index contributed by atoms with van der Waals surface area (Å²) < 4.78 is 37.9. The Morgan fingerprint density at radius 2 is 1.80 bits per heavy atom. The van der Waals surface area contributed by atoms with Crippen LogP contribution in [-0.4, -0.2) is 9.97 Å². The van der Waals surface area contributed by atoms with E-state index in [4.69, 9.17) is 0 Å². The van der Waals surface area contributed by atoms with Gasteiger partial charge in [0.05, 0.1) is 11.3 Å². The molecule has 1 aromatic heterocycles. The molecule has 6 heteroatoms. The molecule has 2 aromatic rings. The molecule has 0 aliphatic rings. The van der Waals surface area contributed by atoms with Crippen molar-refractivity contribution in [2.24, 2.45) is 0 Å². The van der Waals surface area contributed by atoms with Crippen molar-refractivity contribution in [3.8, 4) is 11.3 Å². The van der Waals surface area contributed by atoms with Gasteiger partial charge in [0, 0.05) is 11.1 Å². The molecule has 20 heavy (non-hydrogen) atoms. The van der Waals surface area contributed by atoms with Crippen LogP contribution in [0.2, 0.25) is 0 Å². The van der Waals surface area contributed by atoms with Crippen LogP contribution in [0.25, 0.3) is 11.3 Å². The lowest BCUT2D eigenvalue weighted by molar-refractivity contribution is -0.137. The maximum Gasteiger partial charge on any atom is 0.416 e. The molecule has 0 aliphatic carbocycles. The van der Waals surface area contributed by atoms with Crippen LogP contribution in [-0.2, 0) is 6.18 Å². The number of benzene rings is 1. The van der Waals surface area contributed by atoms with Gasteiger partial charge in [-0.05, 0) is 38.5 Å². The Labute approximate surface area is 113 Å². The summed E-state index contributed by atoms with van der Waals surface area (Å²) in [5, 5.41) is 0. The van der Waals surface area contributed by atoms with Gasteiger partial charge in [0.15, 0.2) is 0 Å². The van der Waals surface area contributed by atoms with Gasteiger partial charge in [-0.3, -0.25) is 4.79 Å². The van der Waals surface area contributed by atoms with Gasteiger partial charge >= 0.3 is 6.18 Å². The number of halogens is 3. The molecule has 0 aliphatic heterocycles. The largest absolute Gasteiger partial charge is 0.416 e. The van der Waals surface area contributed by atoms with Crippen LogP contribution in [0.3, 0.4) is 0 Å². The topological polar surface area (TPSA) is 45.8 Å². The summed E-state index contributed by atoms with van der Waals surface area (Å²) in [6.07, 6.45) is -4.38. The second kappa shape index (κ2) is 4.77. The van der Waals surface area contributed by atoms with E-state index in [1.165, 1.54) is 6.07 Å². The number of hydrogen-bond acceptors (Lipinski definition) is 2. The van der Waals surface area contributed by atoms with Gasteiger partial charge < -0.3 is 4.98 Å². The quantitative estimate of drug-likeness (QED) is 0.871. The number of aryl methyl sites for hydroxylation is 2. The van der Waals surface area contributed by atoms with E-state index in [0.29, 0.717) is 28.2 Å². The molecule has 0 radical (unpaired) electrons. The molecule has 0 atom stereocenters. The predicted octanol–water partition coefficient (Wildman–Crippen LogP) is 3.38. The molecule has 0 unspecified atom stereocenters. The number of hydrogen-bond donors (Lipinski definition) is 1. The summed E-state index contributed by atoms with van der Waals surface area (Å²) in [6.45, 7) is 4.80. The van der Waals surface area contributed by atoms with Crippen LogP contribution >= 0.6 is 0 Å². The zero-order chi connectivity index (χ0) is 15.1. The average Bonchev–Trinajstić information content (AvgIpc) is 2.33. The van der Waals surface area contributed by atoms with Gasteiger partial charge in [-0.1, -0.05) is 6.07 Å². The van der Waals surface area contributed by atoms with E-state index in [2.05, 4.69) is 9.97 Å². The third kappa shape index (κ3) is 2.59. The standard InChI is InChI=1S/C14H13F3N2O/c1-7-6-10(14(15,16)17)4-5-11(7)12-8(2)13(20)19-9(3)18-12/h4-6H,1-3H3,(H,18,19,20). The molecular weight excluding hydrogens is 269 g/mol. The Balaban J connectivity index is 2.63. The molecule has 2 rings (SSSR count). The fourth-order valence-electron chi connectivity index (χ4n) is 2.01. The lowest BCUT2D eigenvalue weighted by atomic mass is 10.00. The minimum atomic E-state index is -4.38. The molecule has 0 saturated carbocycles. The number of aromatic nitrogens is 2. The van der Waals surface area contributed by atoms with E-state index in [1.807, 2.05) is 0 Å². The summed E-state index contributed by atoms with van der Waals surface area (Å²) in [5.41, 5.74) is 0.769. The SMILES string of the molecule is Cc1nc(-c2ccc(C(F)(F)F)cc2C)c(C)c(=O)[nH]1. The Morgan fingerprint density at radius 3 is 2.35 bits per heavy atom. The second-order valence-electron chi connectivity index (χ2n) is 4.65. The highest BCUT2D eigenvalue weighted by atomic mass is 19.4. The van der Waals surface area contributed by atoms with Crippen molar-refractivity contribution < 1.29 is 13.2 Å². The summed E-state index contributed by atoms with van der Waals surface area (Å²) in [6, 6.07) is 3.42. The molecule has 0 spiro atoms. The van der Waals surface area contributed by atoms with E-state index in [9.17, 15) is 18.0 Å². The van der Waals surface area contributed by atoms with Crippen molar-refractivity contribution in [1.29, 1.82) is 0 Å². The van der Waals surface area contributed by atoms with Gasteiger partial charge in [-0.25, -0.2) is 4.98 Å². The van der Waals surface area contributed by atoms with E-state index in [0.717, 1.165) is 12.1 Å². The van der Waals surface area contributed by atoms with E-state index < -0.39 is 11.7 Å². The number of aromatic amines is 1. The third-order valence-corrected chi connectivity index (χ3v) is 3.08. The fraction of sp³-hybridized carbons (Fsp3) is 0.286. The predicted molar refractivity (Wildman–Crippen MR) is 69.5 cm³/mol. The molecule has 1 N–H and O–H groups in total. The van der Waals surface area contributed by atoms with Gasteiger partial charge in [0.1, 0.15) is 5.82 Å². The smallest absolute Gasteiger partial charge is 0.311 e. The van der Waals surface area contributed by atoms with Crippen molar-refractivity contribution in [2.75, 3.05) is 0 Å². The van der Waals surface area contributed by atoms with Crippen LogP contribution in [0, 0.1) is 20.8 Å². The molecule has 1 heterocycles. The monoisotopic (exact) mass is 282 g/mol. The fourth-order valence-corrected chi connectivity index (χ4v) is 2.01. The van der Waals surface area contributed by atoms with Crippen LogP contribution < -0.4 is 5.56 Å². The first kappa shape index (κ1) is 14.3. The van der Waals surface area contributed by atoms with Crippen LogP contribution in [0.15, 0.2) is 23.0 Å². The molecule has 1 aromatic carbocycles. The zero-order valence-corrected chi connectivity index (χ0v) is 11.2. The minimum Gasteiger partial charge on any atom is -0.311 e. The Morgan fingerprint density at radius 1 is 1.15 bits per heavy atom. The van der Waals surface area contributed by atoms with Gasteiger partial charge in [0.25, 0.3) is 5.56 Å². The first-order valence-corrected chi connectivity index (χ1v) is 5.96. The molecular formula is C14H13F3N2O. The number of alkyl halides is 3. The van der Waals surface area contributed by atoms with Gasteiger partial charge in [-0.2, -0.15) is 13.2 Å². The second-order valence-corrected chi connectivity index (χ2v) is 4.65. The van der Waals surface area contributed by atoms with Crippen LogP contribution in [0.4, 0.5) is 13.2 Å². The minimum absolute atomic E-state index is 0.285. The lowest BCUT2D eigenvalue weighted by Gasteiger charge is -2.12. The zero-order valence-electron chi connectivity index (χ0n) is 11.2. The summed E-state index contributed by atoms with van der Waals surface area (Å²) in [4.78, 5) is 18.5. The maximum atomic E-state index is 12.6. The van der Waals surface area contributed by atoms with Crippen molar-refractivity contribution >= 4 is 0 Å². The van der Waals surface area contributed by atoms with Crippen LogP contribution in [0.1, 0.15) is 22.5 Å². The van der Waals surface area contributed by atoms with Gasteiger partial charge in [-0.15, -0.1) is 0 Å². The highest BCUT2D eigenvalue weighted by Crippen LogP contribution is 2.32. The molecule has 0 bridgehead atoms. The van der Waals surface area contributed by atoms with E-state index in [1.54, 1.807) is 20.8 Å². The molecule has 0 amide bonds. The van der Waals surface area contributed by atoms with Crippen molar-refractivity contribution in [3.05, 3.63) is 51.1 Å². The number of nitrogens with one attached hydrogen (secondary N) is 1. The van der Waals surface area contributed by atoms with Crippen molar-refractivity contribution in [2.45, 2.75) is 26.9 Å². The third-order valence-electron chi connectivity index (χ3n) is 3.08. The molecule has 0 saturated heterocycles. The normalized spacial score (nSPS) is 11.7. The van der Waals surface area contributed by atoms with E-state index in [-0.39, 0.29) is 5.56 Å². The van der Waals surface area contributed by atoms with Crippen molar-refractivity contribution in [3.63, 3.8) is 0 Å². The number of H-pyrrole nitrogens is 1. The Hall–Kier alpha value is -2.11. The maximum absolute atomic E-state index is 12.6. The Kier molecular flexibility index (Phi) is 3.41. The first-order valence-electron chi connectivity index (χ1n) is 5.96. The van der Waals surface area contributed by atoms with Crippen molar-refractivity contribution in [1.82, 2.24) is 9.97 Å². The summed E-state index contributed by atoms with van der Waals surface area (Å²) in [5.74, 6) is 0.426. The number of nitrogens with zero attached hydrogens (tertiary/aromatic N) is 1. The average molecular weight is 282 g/mol. The lowest BCUT2D eigenvalue weighted by Crippen LogP contribution is -2.14. The summed E-state index contributed by atoms with van der Waals surface area (Å²) >= 11 is 0. The number of rotatable bonds is 1.